The minimum absolute atomic E-state index is 0.101. The SMILES string of the molecule is CN(C(=O)c1cccnc1-c1cncn1C)c1ccccc1. The molecule has 22 heavy (non-hydrogen) atoms. The van der Waals surface area contributed by atoms with Crippen molar-refractivity contribution in [2.45, 2.75) is 0 Å². The summed E-state index contributed by atoms with van der Waals surface area (Å²) < 4.78 is 1.85. The van der Waals surface area contributed by atoms with Crippen LogP contribution in [-0.4, -0.2) is 27.5 Å². The van der Waals surface area contributed by atoms with Crippen LogP contribution in [0.2, 0.25) is 0 Å². The third-order valence-corrected chi connectivity index (χ3v) is 3.55. The second-order valence-electron chi connectivity index (χ2n) is 4.99. The van der Waals surface area contributed by atoms with Crippen LogP contribution in [0.4, 0.5) is 5.69 Å². The Kier molecular flexibility index (Phi) is 3.70. The fraction of sp³-hybridized carbons (Fsp3) is 0.118. The molecule has 2 aromatic heterocycles. The van der Waals surface area contributed by atoms with Crippen molar-refractivity contribution in [3.05, 3.63) is 66.7 Å². The van der Waals surface area contributed by atoms with Crippen LogP contribution in [0, 0.1) is 0 Å². The van der Waals surface area contributed by atoms with Crippen molar-refractivity contribution in [1.29, 1.82) is 0 Å². The summed E-state index contributed by atoms with van der Waals surface area (Å²) in [6.07, 6.45) is 5.09. The molecule has 3 aromatic rings. The number of anilines is 1. The maximum atomic E-state index is 12.8. The number of hydrogen-bond donors (Lipinski definition) is 0. The number of aromatic nitrogens is 3. The monoisotopic (exact) mass is 292 g/mol. The number of nitrogens with zero attached hydrogens (tertiary/aromatic N) is 4. The van der Waals surface area contributed by atoms with Gasteiger partial charge in [0.25, 0.3) is 5.91 Å². The van der Waals surface area contributed by atoms with E-state index >= 15 is 0 Å². The van der Waals surface area contributed by atoms with Gasteiger partial charge in [-0.3, -0.25) is 9.78 Å². The van der Waals surface area contributed by atoms with Gasteiger partial charge < -0.3 is 9.47 Å². The van der Waals surface area contributed by atoms with Crippen LogP contribution < -0.4 is 4.90 Å². The fourth-order valence-corrected chi connectivity index (χ4v) is 2.32. The van der Waals surface area contributed by atoms with Crippen molar-refractivity contribution >= 4 is 11.6 Å². The van der Waals surface area contributed by atoms with E-state index in [1.807, 2.05) is 41.9 Å². The van der Waals surface area contributed by atoms with Crippen molar-refractivity contribution in [1.82, 2.24) is 14.5 Å². The molecular weight excluding hydrogens is 276 g/mol. The topological polar surface area (TPSA) is 51.0 Å². The molecule has 0 radical (unpaired) electrons. The second-order valence-corrected chi connectivity index (χ2v) is 4.99. The van der Waals surface area contributed by atoms with Gasteiger partial charge in [-0.05, 0) is 24.3 Å². The minimum atomic E-state index is -0.101. The van der Waals surface area contributed by atoms with Crippen LogP contribution in [0.5, 0.6) is 0 Å². The molecule has 110 valence electrons. The summed E-state index contributed by atoms with van der Waals surface area (Å²) in [7, 11) is 3.64. The molecule has 0 fully saturated rings. The number of rotatable bonds is 3. The number of hydrogen-bond acceptors (Lipinski definition) is 3. The molecule has 0 saturated heterocycles. The lowest BCUT2D eigenvalue weighted by Gasteiger charge is -2.18. The van der Waals surface area contributed by atoms with Gasteiger partial charge in [0.1, 0.15) is 5.69 Å². The Balaban J connectivity index is 2.02. The molecule has 0 bridgehead atoms. The van der Waals surface area contributed by atoms with E-state index in [2.05, 4.69) is 9.97 Å². The van der Waals surface area contributed by atoms with E-state index in [1.165, 1.54) is 0 Å². The highest BCUT2D eigenvalue weighted by atomic mass is 16.2. The summed E-state index contributed by atoms with van der Waals surface area (Å²) in [5.41, 5.74) is 2.84. The van der Waals surface area contributed by atoms with Crippen LogP contribution in [-0.2, 0) is 7.05 Å². The van der Waals surface area contributed by atoms with Crippen molar-refractivity contribution in [2.75, 3.05) is 11.9 Å². The standard InChI is InChI=1S/C17H16N4O/c1-20-12-18-11-15(20)16-14(9-6-10-19-16)17(22)21(2)13-7-4-3-5-8-13/h3-12H,1-2H3. The van der Waals surface area contributed by atoms with E-state index in [0.717, 1.165) is 11.4 Å². The summed E-state index contributed by atoms with van der Waals surface area (Å²) in [5, 5.41) is 0. The van der Waals surface area contributed by atoms with Crippen LogP contribution in [0.3, 0.4) is 0 Å². The average molecular weight is 292 g/mol. The summed E-state index contributed by atoms with van der Waals surface area (Å²) in [4.78, 5) is 22.9. The molecule has 3 rings (SSSR count). The molecule has 0 unspecified atom stereocenters. The smallest absolute Gasteiger partial charge is 0.260 e. The van der Waals surface area contributed by atoms with Gasteiger partial charge in [-0.2, -0.15) is 0 Å². The van der Waals surface area contributed by atoms with Gasteiger partial charge in [-0.25, -0.2) is 4.98 Å². The van der Waals surface area contributed by atoms with Crippen molar-refractivity contribution < 1.29 is 4.79 Å². The number of pyridine rings is 1. The van der Waals surface area contributed by atoms with Gasteiger partial charge in [0, 0.05) is 26.0 Å². The number of imidazole rings is 1. The number of para-hydroxylation sites is 1. The van der Waals surface area contributed by atoms with Crippen molar-refractivity contribution in [2.24, 2.45) is 7.05 Å². The van der Waals surface area contributed by atoms with Crippen molar-refractivity contribution in [3.8, 4) is 11.4 Å². The molecule has 0 aliphatic rings. The Bertz CT molecular complexity index is 795. The Morgan fingerprint density at radius 1 is 1.14 bits per heavy atom. The second kappa shape index (κ2) is 5.81. The van der Waals surface area contributed by atoms with Crippen LogP contribution in [0.15, 0.2) is 61.2 Å². The lowest BCUT2D eigenvalue weighted by Crippen LogP contribution is -2.27. The molecule has 1 aromatic carbocycles. The highest BCUT2D eigenvalue weighted by Gasteiger charge is 2.19. The molecule has 2 heterocycles. The highest BCUT2D eigenvalue weighted by Crippen LogP contribution is 2.23. The number of benzene rings is 1. The molecule has 5 nitrogen and oxygen atoms in total. The van der Waals surface area contributed by atoms with E-state index in [4.69, 9.17) is 0 Å². The zero-order valence-corrected chi connectivity index (χ0v) is 12.5. The quantitative estimate of drug-likeness (QED) is 0.746. The maximum Gasteiger partial charge on any atom is 0.260 e. The first-order valence-corrected chi connectivity index (χ1v) is 6.93. The van der Waals surface area contributed by atoms with E-state index in [9.17, 15) is 4.79 Å². The molecule has 0 spiro atoms. The van der Waals surface area contributed by atoms with E-state index < -0.39 is 0 Å². The zero-order valence-electron chi connectivity index (χ0n) is 12.5. The van der Waals surface area contributed by atoms with Gasteiger partial charge in [-0.15, -0.1) is 0 Å². The first kappa shape index (κ1) is 14.0. The van der Waals surface area contributed by atoms with E-state index in [-0.39, 0.29) is 5.91 Å². The number of aryl methyl sites for hydroxylation is 1. The van der Waals surface area contributed by atoms with Gasteiger partial charge in [0.2, 0.25) is 0 Å². The number of carbonyl (C=O) groups excluding carboxylic acids is 1. The normalized spacial score (nSPS) is 10.5. The first-order valence-electron chi connectivity index (χ1n) is 6.93. The summed E-state index contributed by atoms with van der Waals surface area (Å²) in [6.45, 7) is 0. The molecule has 0 N–H and O–H groups in total. The molecule has 0 atom stereocenters. The largest absolute Gasteiger partial charge is 0.332 e. The maximum absolute atomic E-state index is 12.8. The van der Waals surface area contributed by atoms with Gasteiger partial charge >= 0.3 is 0 Å². The highest BCUT2D eigenvalue weighted by molar-refractivity contribution is 6.09. The third kappa shape index (κ3) is 2.48. The van der Waals surface area contributed by atoms with Crippen LogP contribution in [0.25, 0.3) is 11.4 Å². The van der Waals surface area contributed by atoms with Crippen molar-refractivity contribution in [3.63, 3.8) is 0 Å². The zero-order chi connectivity index (χ0) is 15.5. The lowest BCUT2D eigenvalue weighted by atomic mass is 10.1. The fourth-order valence-electron chi connectivity index (χ4n) is 2.32. The van der Waals surface area contributed by atoms with E-state index in [0.29, 0.717) is 11.3 Å². The van der Waals surface area contributed by atoms with Gasteiger partial charge in [0.05, 0.1) is 23.8 Å². The molecular formula is C17H16N4O. The first-order chi connectivity index (χ1) is 10.7. The van der Waals surface area contributed by atoms with Gasteiger partial charge in [-0.1, -0.05) is 18.2 Å². The summed E-state index contributed by atoms with van der Waals surface area (Å²) in [5.74, 6) is -0.101. The Hall–Kier alpha value is -2.95. The summed E-state index contributed by atoms with van der Waals surface area (Å²) in [6, 6.07) is 13.1. The Morgan fingerprint density at radius 3 is 2.59 bits per heavy atom. The summed E-state index contributed by atoms with van der Waals surface area (Å²) >= 11 is 0. The number of amides is 1. The average Bonchev–Trinajstić information content (AvgIpc) is 3.00. The van der Waals surface area contributed by atoms with Gasteiger partial charge in [0.15, 0.2) is 0 Å². The van der Waals surface area contributed by atoms with E-state index in [1.54, 1.807) is 42.8 Å². The predicted molar refractivity (Wildman–Crippen MR) is 85.6 cm³/mol. The molecule has 1 amide bonds. The predicted octanol–water partition coefficient (Wildman–Crippen LogP) is 2.76. The van der Waals surface area contributed by atoms with Crippen LogP contribution >= 0.6 is 0 Å². The lowest BCUT2D eigenvalue weighted by molar-refractivity contribution is 0.0993. The Labute approximate surface area is 128 Å². The minimum Gasteiger partial charge on any atom is -0.332 e. The third-order valence-electron chi connectivity index (χ3n) is 3.55. The molecule has 0 aliphatic carbocycles. The molecule has 0 aliphatic heterocycles. The van der Waals surface area contributed by atoms with Crippen LogP contribution in [0.1, 0.15) is 10.4 Å². The Morgan fingerprint density at radius 2 is 1.91 bits per heavy atom. The molecule has 0 saturated carbocycles. The molecule has 5 heteroatoms. The number of carbonyl (C=O) groups is 1.